The van der Waals surface area contributed by atoms with Crippen LogP contribution in [0, 0.1) is 0 Å². The maximum Gasteiger partial charge on any atom is 0.211 e. The van der Waals surface area contributed by atoms with Crippen LogP contribution in [0.3, 0.4) is 0 Å². The smallest absolute Gasteiger partial charge is 0.211 e. The predicted molar refractivity (Wildman–Crippen MR) is 86.1 cm³/mol. The van der Waals surface area contributed by atoms with Crippen molar-refractivity contribution in [2.75, 3.05) is 30.9 Å². The molecule has 3 rings (SSSR count). The molecule has 0 unspecified atom stereocenters. The number of imidazole rings is 1. The summed E-state index contributed by atoms with van der Waals surface area (Å²) in [5, 5.41) is 0. The third kappa shape index (κ3) is 3.30. The van der Waals surface area contributed by atoms with E-state index in [0.717, 1.165) is 18.6 Å². The highest BCUT2D eigenvalue weighted by atomic mass is 32.2. The summed E-state index contributed by atoms with van der Waals surface area (Å²) in [6.45, 7) is 4.19. The molecule has 0 radical (unpaired) electrons. The van der Waals surface area contributed by atoms with Gasteiger partial charge in [-0.2, -0.15) is 4.31 Å². The highest BCUT2D eigenvalue weighted by Gasteiger charge is 2.49. The standard InChI is InChI=1S/C13H22N4O4S2/c1-3-15-5-4-14-13(15)8-16-6-7-17(22(2,18)19)12-10-23(20,21)9-11(12)16/h4-5,11-12H,3,6-10H2,1-2H3/t11-,12+/m0/s1. The summed E-state index contributed by atoms with van der Waals surface area (Å²) >= 11 is 0. The molecule has 0 aromatic carbocycles. The van der Waals surface area contributed by atoms with Crippen LogP contribution in [0.4, 0.5) is 0 Å². The fraction of sp³-hybridized carbons (Fsp3) is 0.769. The average molecular weight is 362 g/mol. The first-order valence-corrected chi connectivity index (χ1v) is 11.3. The molecule has 0 bridgehead atoms. The molecule has 0 aliphatic carbocycles. The van der Waals surface area contributed by atoms with Gasteiger partial charge < -0.3 is 4.57 Å². The molecular formula is C13H22N4O4S2. The van der Waals surface area contributed by atoms with Gasteiger partial charge in [-0.3, -0.25) is 4.90 Å². The Bertz CT molecular complexity index is 787. The topological polar surface area (TPSA) is 92.6 Å². The van der Waals surface area contributed by atoms with Crippen LogP contribution < -0.4 is 0 Å². The summed E-state index contributed by atoms with van der Waals surface area (Å²) in [4.78, 5) is 6.40. The molecule has 8 nitrogen and oxygen atoms in total. The molecule has 10 heteroatoms. The van der Waals surface area contributed by atoms with Crippen molar-refractivity contribution in [1.29, 1.82) is 0 Å². The van der Waals surface area contributed by atoms with Gasteiger partial charge in [-0.05, 0) is 6.92 Å². The second-order valence-corrected chi connectivity index (χ2v) is 10.3. The van der Waals surface area contributed by atoms with E-state index in [1.807, 2.05) is 17.7 Å². The fourth-order valence-electron chi connectivity index (χ4n) is 3.56. The Balaban J connectivity index is 1.87. The first kappa shape index (κ1) is 16.9. The maximum absolute atomic E-state index is 12.1. The van der Waals surface area contributed by atoms with E-state index in [4.69, 9.17) is 0 Å². The lowest BCUT2D eigenvalue weighted by Gasteiger charge is -2.42. The molecule has 0 N–H and O–H groups in total. The van der Waals surface area contributed by atoms with Crippen molar-refractivity contribution in [2.45, 2.75) is 32.1 Å². The summed E-state index contributed by atoms with van der Waals surface area (Å²) in [5.41, 5.74) is 0. The van der Waals surface area contributed by atoms with E-state index in [0.29, 0.717) is 19.6 Å². The number of nitrogens with zero attached hydrogens (tertiary/aromatic N) is 4. The summed E-state index contributed by atoms with van der Waals surface area (Å²) < 4.78 is 51.4. The summed E-state index contributed by atoms with van der Waals surface area (Å²) in [7, 11) is -6.63. The number of rotatable bonds is 4. The average Bonchev–Trinajstić information content (AvgIpc) is 3.00. The van der Waals surface area contributed by atoms with E-state index in [-0.39, 0.29) is 17.5 Å². The highest BCUT2D eigenvalue weighted by molar-refractivity contribution is 7.92. The summed E-state index contributed by atoms with van der Waals surface area (Å²) in [6, 6.07) is -0.792. The molecule has 1 aromatic heterocycles. The van der Waals surface area contributed by atoms with Gasteiger partial charge in [0.15, 0.2) is 9.84 Å². The Morgan fingerprint density at radius 1 is 1.26 bits per heavy atom. The van der Waals surface area contributed by atoms with Gasteiger partial charge in [-0.15, -0.1) is 0 Å². The quantitative estimate of drug-likeness (QED) is 0.692. The predicted octanol–water partition coefficient (Wildman–Crippen LogP) is -0.854. The largest absolute Gasteiger partial charge is 0.334 e. The molecule has 2 fully saturated rings. The van der Waals surface area contributed by atoms with Crippen LogP contribution in [0.15, 0.2) is 12.4 Å². The minimum Gasteiger partial charge on any atom is -0.334 e. The van der Waals surface area contributed by atoms with Crippen molar-refractivity contribution < 1.29 is 16.8 Å². The first-order valence-electron chi connectivity index (χ1n) is 7.62. The van der Waals surface area contributed by atoms with Gasteiger partial charge in [0.25, 0.3) is 0 Å². The molecule has 2 aliphatic heterocycles. The summed E-state index contributed by atoms with van der Waals surface area (Å²) in [6.07, 6.45) is 4.77. The van der Waals surface area contributed by atoms with Gasteiger partial charge in [0.1, 0.15) is 5.82 Å². The Morgan fingerprint density at radius 3 is 2.61 bits per heavy atom. The molecule has 2 atom stereocenters. The zero-order valence-electron chi connectivity index (χ0n) is 13.3. The molecule has 23 heavy (non-hydrogen) atoms. The van der Waals surface area contributed by atoms with E-state index in [1.165, 1.54) is 4.31 Å². The molecule has 0 saturated carbocycles. The minimum absolute atomic E-state index is 0.0104. The Hall–Kier alpha value is -0.970. The van der Waals surface area contributed by atoms with Crippen molar-refractivity contribution in [1.82, 2.24) is 18.8 Å². The zero-order chi connectivity index (χ0) is 16.8. The Labute approximate surface area is 137 Å². The highest BCUT2D eigenvalue weighted by Crippen LogP contribution is 2.29. The normalized spacial score (nSPS) is 28.8. The third-order valence-corrected chi connectivity index (χ3v) is 7.66. The van der Waals surface area contributed by atoms with E-state index >= 15 is 0 Å². The number of sulfone groups is 1. The van der Waals surface area contributed by atoms with Crippen molar-refractivity contribution in [2.24, 2.45) is 0 Å². The van der Waals surface area contributed by atoms with Gasteiger partial charge in [-0.25, -0.2) is 21.8 Å². The molecule has 3 heterocycles. The van der Waals surface area contributed by atoms with E-state index in [2.05, 4.69) is 9.88 Å². The number of aryl methyl sites for hydroxylation is 1. The lowest BCUT2D eigenvalue weighted by molar-refractivity contribution is 0.0862. The van der Waals surface area contributed by atoms with Crippen molar-refractivity contribution in [3.63, 3.8) is 0 Å². The van der Waals surface area contributed by atoms with E-state index in [1.54, 1.807) is 6.20 Å². The van der Waals surface area contributed by atoms with E-state index in [9.17, 15) is 16.8 Å². The van der Waals surface area contributed by atoms with Crippen molar-refractivity contribution in [3.05, 3.63) is 18.2 Å². The molecule has 2 saturated heterocycles. The van der Waals surface area contributed by atoms with Crippen LogP contribution in [0.25, 0.3) is 0 Å². The third-order valence-electron chi connectivity index (χ3n) is 4.65. The molecule has 0 spiro atoms. The molecule has 2 aliphatic rings. The van der Waals surface area contributed by atoms with Gasteiger partial charge in [0.05, 0.1) is 30.3 Å². The number of hydrogen-bond acceptors (Lipinski definition) is 6. The zero-order valence-corrected chi connectivity index (χ0v) is 14.9. The lowest BCUT2D eigenvalue weighted by atomic mass is 10.1. The maximum atomic E-state index is 12.1. The fourth-order valence-corrected chi connectivity index (χ4v) is 6.79. The van der Waals surface area contributed by atoms with Crippen LogP contribution in [0.1, 0.15) is 12.7 Å². The molecular weight excluding hydrogens is 340 g/mol. The second kappa shape index (κ2) is 5.83. The monoisotopic (exact) mass is 362 g/mol. The number of hydrogen-bond donors (Lipinski definition) is 0. The van der Waals surface area contributed by atoms with Gasteiger partial charge >= 0.3 is 0 Å². The summed E-state index contributed by atoms with van der Waals surface area (Å²) in [5.74, 6) is 0.795. The second-order valence-electron chi connectivity index (χ2n) is 6.19. The van der Waals surface area contributed by atoms with Crippen molar-refractivity contribution >= 4 is 19.9 Å². The van der Waals surface area contributed by atoms with Crippen LogP contribution in [0.2, 0.25) is 0 Å². The lowest BCUT2D eigenvalue weighted by Crippen LogP contribution is -2.60. The van der Waals surface area contributed by atoms with Crippen LogP contribution in [-0.4, -0.2) is 78.5 Å². The van der Waals surface area contributed by atoms with Gasteiger partial charge in [0.2, 0.25) is 10.0 Å². The Kier molecular flexibility index (Phi) is 4.28. The van der Waals surface area contributed by atoms with Crippen molar-refractivity contribution in [3.8, 4) is 0 Å². The number of sulfonamides is 1. The first-order chi connectivity index (χ1) is 10.7. The minimum atomic E-state index is -3.41. The number of aromatic nitrogens is 2. The number of fused-ring (bicyclic) bond motifs is 1. The van der Waals surface area contributed by atoms with Crippen LogP contribution in [-0.2, 0) is 33.0 Å². The SMILES string of the molecule is CCn1ccnc1CN1CCN(S(C)(=O)=O)[C@@H]2CS(=O)(=O)C[C@@H]21. The van der Waals surface area contributed by atoms with Gasteiger partial charge in [-0.1, -0.05) is 0 Å². The van der Waals surface area contributed by atoms with Crippen LogP contribution in [0.5, 0.6) is 0 Å². The van der Waals surface area contributed by atoms with Gasteiger partial charge in [0, 0.05) is 38.1 Å². The number of piperazine rings is 1. The molecule has 0 amide bonds. The molecule has 1 aromatic rings. The van der Waals surface area contributed by atoms with E-state index < -0.39 is 25.9 Å². The van der Waals surface area contributed by atoms with Crippen LogP contribution >= 0.6 is 0 Å². The Morgan fingerprint density at radius 2 is 1.96 bits per heavy atom. The molecule has 130 valence electrons.